The predicted octanol–water partition coefficient (Wildman–Crippen LogP) is 1.20. The van der Waals surface area contributed by atoms with E-state index in [2.05, 4.69) is 0 Å². The minimum Gasteiger partial charge on any atom is -0.395 e. The molecule has 0 heterocycles. The average molecular weight is 303 g/mol. The highest BCUT2D eigenvalue weighted by Gasteiger charge is 2.37. The summed E-state index contributed by atoms with van der Waals surface area (Å²) >= 11 is 0. The van der Waals surface area contributed by atoms with Crippen molar-refractivity contribution in [2.45, 2.75) is 43.2 Å². The molecular formula is C11H20F3NO3S. The van der Waals surface area contributed by atoms with Crippen molar-refractivity contribution in [2.24, 2.45) is 0 Å². The first-order valence-corrected chi connectivity index (χ1v) is 8.19. The maximum atomic E-state index is 12.5. The fraction of sp³-hybridized carbons (Fsp3) is 1.00. The first-order chi connectivity index (χ1) is 8.63. The monoisotopic (exact) mass is 303 g/mol. The standard InChI is InChI=1S/C11H20F3NO3S/c1-19(17,18)10-4-2-3-9(7-10)15(5-6-16)8-11(12,13)14/h9-10,16H,2-8H2,1H3. The van der Waals surface area contributed by atoms with Crippen LogP contribution in [0, 0.1) is 0 Å². The van der Waals surface area contributed by atoms with Crippen LogP contribution >= 0.6 is 0 Å². The van der Waals surface area contributed by atoms with Crippen molar-refractivity contribution in [1.82, 2.24) is 4.90 Å². The van der Waals surface area contributed by atoms with E-state index < -0.39 is 33.9 Å². The van der Waals surface area contributed by atoms with E-state index in [1.165, 1.54) is 0 Å². The van der Waals surface area contributed by atoms with Crippen LogP contribution in [0.25, 0.3) is 0 Å². The van der Waals surface area contributed by atoms with E-state index in [4.69, 9.17) is 5.11 Å². The highest BCUT2D eigenvalue weighted by molar-refractivity contribution is 7.91. The van der Waals surface area contributed by atoms with Gasteiger partial charge in [-0.15, -0.1) is 0 Å². The minimum atomic E-state index is -4.34. The highest BCUT2D eigenvalue weighted by atomic mass is 32.2. The quantitative estimate of drug-likeness (QED) is 0.829. The van der Waals surface area contributed by atoms with Gasteiger partial charge in [0.2, 0.25) is 0 Å². The predicted molar refractivity (Wildman–Crippen MR) is 65.6 cm³/mol. The second kappa shape index (κ2) is 6.41. The molecule has 1 fully saturated rings. The maximum Gasteiger partial charge on any atom is 0.401 e. The molecule has 1 saturated carbocycles. The lowest BCUT2D eigenvalue weighted by Gasteiger charge is -2.37. The van der Waals surface area contributed by atoms with Crippen LogP contribution < -0.4 is 0 Å². The van der Waals surface area contributed by atoms with Crippen molar-refractivity contribution in [1.29, 1.82) is 0 Å². The van der Waals surface area contributed by atoms with Gasteiger partial charge in [0.1, 0.15) is 9.84 Å². The third-order valence-corrected chi connectivity index (χ3v) is 5.13. The average Bonchev–Trinajstić information content (AvgIpc) is 2.26. The lowest BCUT2D eigenvalue weighted by molar-refractivity contribution is -0.153. The van der Waals surface area contributed by atoms with Crippen LogP contribution in [0.5, 0.6) is 0 Å². The Bertz CT molecular complexity index is 383. The zero-order chi connectivity index (χ0) is 14.7. The number of hydrogen-bond acceptors (Lipinski definition) is 4. The van der Waals surface area contributed by atoms with E-state index >= 15 is 0 Å². The fourth-order valence-corrected chi connectivity index (χ4v) is 3.76. The third-order valence-electron chi connectivity index (χ3n) is 3.49. The molecule has 0 bridgehead atoms. The Morgan fingerprint density at radius 1 is 1.32 bits per heavy atom. The molecule has 2 unspecified atom stereocenters. The number of sulfone groups is 1. The summed E-state index contributed by atoms with van der Waals surface area (Å²) < 4.78 is 60.4. The van der Waals surface area contributed by atoms with Crippen molar-refractivity contribution >= 4 is 9.84 Å². The van der Waals surface area contributed by atoms with E-state index in [0.717, 1.165) is 11.2 Å². The van der Waals surface area contributed by atoms with Crippen molar-refractivity contribution in [3.8, 4) is 0 Å². The Labute approximate surface area is 111 Å². The number of nitrogens with zero attached hydrogens (tertiary/aromatic N) is 1. The summed E-state index contributed by atoms with van der Waals surface area (Å²) in [4.78, 5) is 1.15. The summed E-state index contributed by atoms with van der Waals surface area (Å²) in [6, 6.07) is -0.428. The topological polar surface area (TPSA) is 57.6 Å². The number of aliphatic hydroxyl groups excluding tert-OH is 1. The molecule has 4 nitrogen and oxygen atoms in total. The van der Waals surface area contributed by atoms with Crippen LogP contribution in [0.3, 0.4) is 0 Å². The van der Waals surface area contributed by atoms with Crippen LogP contribution in [0.4, 0.5) is 13.2 Å². The fourth-order valence-electron chi connectivity index (χ4n) is 2.59. The van der Waals surface area contributed by atoms with Crippen LogP contribution in [0.1, 0.15) is 25.7 Å². The molecule has 2 atom stereocenters. The number of alkyl halides is 3. The molecule has 1 N–H and O–H groups in total. The lowest BCUT2D eigenvalue weighted by atomic mass is 9.93. The van der Waals surface area contributed by atoms with E-state index in [1.807, 2.05) is 0 Å². The van der Waals surface area contributed by atoms with Gasteiger partial charge in [-0.1, -0.05) is 6.42 Å². The zero-order valence-corrected chi connectivity index (χ0v) is 11.7. The minimum absolute atomic E-state index is 0.0827. The van der Waals surface area contributed by atoms with E-state index in [-0.39, 0.29) is 19.6 Å². The molecule has 19 heavy (non-hydrogen) atoms. The van der Waals surface area contributed by atoms with Gasteiger partial charge in [-0.25, -0.2) is 8.42 Å². The number of halogens is 3. The van der Waals surface area contributed by atoms with Crippen LogP contribution in [-0.2, 0) is 9.84 Å². The molecule has 0 saturated heterocycles. The molecule has 0 aromatic carbocycles. The van der Waals surface area contributed by atoms with Crippen molar-refractivity contribution < 1.29 is 26.7 Å². The second-order valence-corrected chi connectivity index (χ2v) is 7.41. The van der Waals surface area contributed by atoms with Crippen molar-refractivity contribution in [3.05, 3.63) is 0 Å². The molecule has 0 aromatic rings. The Balaban J connectivity index is 2.73. The lowest BCUT2D eigenvalue weighted by Crippen LogP contribution is -2.47. The Kier molecular flexibility index (Phi) is 5.64. The Morgan fingerprint density at radius 2 is 1.95 bits per heavy atom. The number of hydrogen-bond donors (Lipinski definition) is 1. The normalized spacial score (nSPS) is 25.8. The molecule has 0 aliphatic heterocycles. The molecule has 0 radical (unpaired) electrons. The molecule has 0 spiro atoms. The maximum absolute atomic E-state index is 12.5. The van der Waals surface area contributed by atoms with Crippen LogP contribution in [0.2, 0.25) is 0 Å². The summed E-state index contributed by atoms with van der Waals surface area (Å²) in [5.41, 5.74) is 0. The van der Waals surface area contributed by atoms with Gasteiger partial charge in [0.05, 0.1) is 18.4 Å². The molecule has 0 amide bonds. The molecular weight excluding hydrogens is 283 g/mol. The van der Waals surface area contributed by atoms with Gasteiger partial charge >= 0.3 is 6.18 Å². The number of aliphatic hydroxyl groups is 1. The van der Waals surface area contributed by atoms with Gasteiger partial charge in [-0.3, -0.25) is 4.90 Å². The highest BCUT2D eigenvalue weighted by Crippen LogP contribution is 2.29. The summed E-state index contributed by atoms with van der Waals surface area (Å²) in [5, 5.41) is 8.29. The van der Waals surface area contributed by atoms with Gasteiger partial charge in [-0.05, 0) is 19.3 Å². The van der Waals surface area contributed by atoms with Gasteiger partial charge in [0.25, 0.3) is 0 Å². The first-order valence-electron chi connectivity index (χ1n) is 6.24. The SMILES string of the molecule is CS(=O)(=O)C1CCCC(N(CCO)CC(F)(F)F)C1. The van der Waals surface area contributed by atoms with Crippen molar-refractivity contribution in [3.63, 3.8) is 0 Å². The largest absolute Gasteiger partial charge is 0.401 e. The molecule has 114 valence electrons. The Hall–Kier alpha value is -0.340. The van der Waals surface area contributed by atoms with Gasteiger partial charge < -0.3 is 5.11 Å². The van der Waals surface area contributed by atoms with Crippen LogP contribution in [-0.4, -0.2) is 61.8 Å². The molecule has 0 aromatic heterocycles. The summed E-state index contributed by atoms with van der Waals surface area (Å²) in [6.07, 6.45) is -1.35. The van der Waals surface area contributed by atoms with Gasteiger partial charge in [-0.2, -0.15) is 13.2 Å². The molecule has 1 aliphatic carbocycles. The zero-order valence-electron chi connectivity index (χ0n) is 10.9. The first kappa shape index (κ1) is 16.7. The number of rotatable bonds is 5. The summed E-state index contributed by atoms with van der Waals surface area (Å²) in [5.74, 6) is 0. The molecule has 8 heteroatoms. The van der Waals surface area contributed by atoms with Crippen molar-refractivity contribution in [2.75, 3.05) is 26.0 Å². The Morgan fingerprint density at radius 3 is 2.42 bits per heavy atom. The van der Waals surface area contributed by atoms with E-state index in [0.29, 0.717) is 19.3 Å². The van der Waals surface area contributed by atoms with Gasteiger partial charge in [0, 0.05) is 18.8 Å². The summed E-state index contributed by atoms with van der Waals surface area (Å²) in [7, 11) is -3.22. The molecule has 1 rings (SSSR count). The summed E-state index contributed by atoms with van der Waals surface area (Å²) in [6.45, 7) is -1.55. The van der Waals surface area contributed by atoms with E-state index in [9.17, 15) is 21.6 Å². The second-order valence-electron chi connectivity index (χ2n) is 5.08. The van der Waals surface area contributed by atoms with E-state index in [1.54, 1.807) is 0 Å². The third kappa shape index (κ3) is 5.66. The molecule has 1 aliphatic rings. The smallest absolute Gasteiger partial charge is 0.395 e. The van der Waals surface area contributed by atoms with Gasteiger partial charge in [0.15, 0.2) is 0 Å². The van der Waals surface area contributed by atoms with Crippen LogP contribution in [0.15, 0.2) is 0 Å².